The lowest BCUT2D eigenvalue weighted by atomic mass is 10.1. The molecule has 0 saturated heterocycles. The van der Waals surface area contributed by atoms with E-state index in [1.165, 1.54) is 25.3 Å². The standard InChI is InChI=1S/C14H11Cl2NO4/c1-7(14(19)20)21-11-3-2-8(6-10(11)18)12-9(15)4-5-17-13(12)16/h2-7,18H,1H3,(H,19,20). The van der Waals surface area contributed by atoms with Crippen LogP contribution in [-0.4, -0.2) is 27.3 Å². The summed E-state index contributed by atoms with van der Waals surface area (Å²) in [5.74, 6) is -1.28. The van der Waals surface area contributed by atoms with E-state index in [-0.39, 0.29) is 16.7 Å². The number of phenols is 1. The summed E-state index contributed by atoms with van der Waals surface area (Å²) in [5.41, 5.74) is 1.03. The highest BCUT2D eigenvalue weighted by molar-refractivity contribution is 6.38. The fourth-order valence-corrected chi connectivity index (χ4v) is 2.26. The van der Waals surface area contributed by atoms with E-state index in [1.54, 1.807) is 12.1 Å². The zero-order valence-electron chi connectivity index (χ0n) is 10.9. The smallest absolute Gasteiger partial charge is 0.344 e. The van der Waals surface area contributed by atoms with Crippen LogP contribution >= 0.6 is 23.2 Å². The minimum absolute atomic E-state index is 0.0600. The lowest BCUT2D eigenvalue weighted by molar-refractivity contribution is -0.144. The summed E-state index contributed by atoms with van der Waals surface area (Å²) in [5, 5.41) is 19.3. The highest BCUT2D eigenvalue weighted by atomic mass is 35.5. The molecule has 0 aliphatic heterocycles. The molecule has 0 fully saturated rings. The molecule has 2 N–H and O–H groups in total. The molecule has 0 aliphatic carbocycles. The van der Waals surface area contributed by atoms with Gasteiger partial charge in [-0.2, -0.15) is 0 Å². The van der Waals surface area contributed by atoms with Crippen molar-refractivity contribution in [3.05, 3.63) is 40.6 Å². The number of pyridine rings is 1. The topological polar surface area (TPSA) is 79.7 Å². The Morgan fingerprint density at radius 2 is 2.05 bits per heavy atom. The molecule has 0 spiro atoms. The molecule has 2 rings (SSSR count). The van der Waals surface area contributed by atoms with Crippen molar-refractivity contribution in [2.24, 2.45) is 0 Å². The molecule has 5 nitrogen and oxygen atoms in total. The Morgan fingerprint density at radius 1 is 1.33 bits per heavy atom. The summed E-state index contributed by atoms with van der Waals surface area (Å²) in [6, 6.07) is 6.03. The Kier molecular flexibility index (Phi) is 4.55. The SMILES string of the molecule is CC(Oc1ccc(-c2c(Cl)ccnc2Cl)cc1O)C(=O)O. The molecular formula is C14H11Cl2NO4. The lowest BCUT2D eigenvalue weighted by Gasteiger charge is -2.13. The molecule has 1 atom stereocenters. The maximum absolute atomic E-state index is 10.7. The van der Waals surface area contributed by atoms with Crippen molar-refractivity contribution in [3.8, 4) is 22.6 Å². The molecule has 0 saturated carbocycles. The van der Waals surface area contributed by atoms with Gasteiger partial charge in [0.25, 0.3) is 0 Å². The monoisotopic (exact) mass is 327 g/mol. The number of carboxylic acid groups (broad SMARTS) is 1. The van der Waals surface area contributed by atoms with Gasteiger partial charge in [0.15, 0.2) is 17.6 Å². The average Bonchev–Trinajstić information content (AvgIpc) is 2.41. The number of carboxylic acids is 1. The third-order valence-electron chi connectivity index (χ3n) is 2.75. The fraction of sp³-hybridized carbons (Fsp3) is 0.143. The summed E-state index contributed by atoms with van der Waals surface area (Å²) < 4.78 is 5.13. The number of nitrogens with zero attached hydrogens (tertiary/aromatic N) is 1. The number of hydrogen-bond acceptors (Lipinski definition) is 4. The minimum Gasteiger partial charge on any atom is -0.504 e. The van der Waals surface area contributed by atoms with E-state index >= 15 is 0 Å². The first-order chi connectivity index (χ1) is 9.90. The van der Waals surface area contributed by atoms with E-state index in [4.69, 9.17) is 33.0 Å². The van der Waals surface area contributed by atoms with Gasteiger partial charge in [-0.1, -0.05) is 29.3 Å². The third kappa shape index (κ3) is 3.37. The average molecular weight is 328 g/mol. The molecular weight excluding hydrogens is 317 g/mol. The number of carbonyl (C=O) groups is 1. The van der Waals surface area contributed by atoms with Gasteiger partial charge >= 0.3 is 5.97 Å². The zero-order valence-corrected chi connectivity index (χ0v) is 12.4. The summed E-state index contributed by atoms with van der Waals surface area (Å²) >= 11 is 12.1. The summed E-state index contributed by atoms with van der Waals surface area (Å²) in [7, 11) is 0. The second-order valence-corrected chi connectivity index (χ2v) is 5.00. The Labute approximate surface area is 130 Å². The molecule has 1 heterocycles. The number of aromatic nitrogens is 1. The van der Waals surface area contributed by atoms with Crippen LogP contribution < -0.4 is 4.74 Å². The number of aromatic hydroxyl groups is 1. The molecule has 1 unspecified atom stereocenters. The number of ether oxygens (including phenoxy) is 1. The number of hydrogen-bond donors (Lipinski definition) is 2. The summed E-state index contributed by atoms with van der Waals surface area (Å²) in [6.45, 7) is 1.37. The number of aliphatic carboxylic acids is 1. The molecule has 0 bridgehead atoms. The third-order valence-corrected chi connectivity index (χ3v) is 3.35. The van der Waals surface area contributed by atoms with E-state index < -0.39 is 12.1 Å². The Balaban J connectivity index is 2.37. The quantitative estimate of drug-likeness (QED) is 0.838. The van der Waals surface area contributed by atoms with Gasteiger partial charge in [-0.3, -0.25) is 0 Å². The van der Waals surface area contributed by atoms with Crippen molar-refractivity contribution in [3.63, 3.8) is 0 Å². The van der Waals surface area contributed by atoms with Gasteiger partial charge in [0, 0.05) is 11.8 Å². The first-order valence-corrected chi connectivity index (χ1v) is 6.68. The van der Waals surface area contributed by atoms with E-state index in [2.05, 4.69) is 4.98 Å². The van der Waals surface area contributed by atoms with Gasteiger partial charge in [-0.15, -0.1) is 0 Å². The fourth-order valence-electron chi connectivity index (χ4n) is 1.68. The Bertz CT molecular complexity index is 670. The van der Waals surface area contributed by atoms with Crippen LogP contribution in [0.3, 0.4) is 0 Å². The van der Waals surface area contributed by atoms with Crippen molar-refractivity contribution in [1.29, 1.82) is 0 Å². The van der Waals surface area contributed by atoms with E-state index in [0.717, 1.165) is 0 Å². The van der Waals surface area contributed by atoms with Crippen LogP contribution in [0.25, 0.3) is 11.1 Å². The van der Waals surface area contributed by atoms with Crippen molar-refractivity contribution in [1.82, 2.24) is 4.98 Å². The van der Waals surface area contributed by atoms with Crippen molar-refractivity contribution in [2.45, 2.75) is 13.0 Å². The Morgan fingerprint density at radius 3 is 2.62 bits per heavy atom. The number of benzene rings is 1. The minimum atomic E-state index is -1.13. The zero-order chi connectivity index (χ0) is 15.6. The number of rotatable bonds is 4. The van der Waals surface area contributed by atoms with Crippen molar-refractivity contribution >= 4 is 29.2 Å². The second kappa shape index (κ2) is 6.20. The number of phenolic OH excluding ortho intramolecular Hbond substituents is 1. The van der Waals surface area contributed by atoms with Crippen LogP contribution in [0.15, 0.2) is 30.5 Å². The molecule has 1 aromatic carbocycles. The molecule has 2 aromatic rings. The lowest BCUT2D eigenvalue weighted by Crippen LogP contribution is -2.22. The van der Waals surface area contributed by atoms with E-state index in [0.29, 0.717) is 16.1 Å². The molecule has 21 heavy (non-hydrogen) atoms. The van der Waals surface area contributed by atoms with E-state index in [9.17, 15) is 9.90 Å². The van der Waals surface area contributed by atoms with Gasteiger partial charge in [-0.25, -0.2) is 9.78 Å². The van der Waals surface area contributed by atoms with Gasteiger partial charge in [0.05, 0.1) is 5.02 Å². The van der Waals surface area contributed by atoms with Crippen molar-refractivity contribution < 1.29 is 19.7 Å². The van der Waals surface area contributed by atoms with Crippen molar-refractivity contribution in [2.75, 3.05) is 0 Å². The maximum Gasteiger partial charge on any atom is 0.344 e. The predicted molar refractivity (Wildman–Crippen MR) is 79.1 cm³/mol. The van der Waals surface area contributed by atoms with Crippen LogP contribution in [0.5, 0.6) is 11.5 Å². The molecule has 0 amide bonds. The number of halogens is 2. The van der Waals surface area contributed by atoms with Gasteiger partial charge < -0.3 is 14.9 Å². The summed E-state index contributed by atoms with van der Waals surface area (Å²) in [4.78, 5) is 14.7. The van der Waals surface area contributed by atoms with Gasteiger partial charge in [0.2, 0.25) is 0 Å². The molecule has 1 aromatic heterocycles. The Hall–Kier alpha value is -1.98. The largest absolute Gasteiger partial charge is 0.504 e. The van der Waals surface area contributed by atoms with Gasteiger partial charge in [0.1, 0.15) is 5.15 Å². The molecule has 0 aliphatic rings. The second-order valence-electron chi connectivity index (χ2n) is 4.24. The molecule has 0 radical (unpaired) electrons. The van der Waals surface area contributed by atoms with Crippen LogP contribution in [-0.2, 0) is 4.79 Å². The van der Waals surface area contributed by atoms with Gasteiger partial charge in [-0.05, 0) is 30.7 Å². The highest BCUT2D eigenvalue weighted by Gasteiger charge is 2.16. The maximum atomic E-state index is 10.7. The molecule has 110 valence electrons. The summed E-state index contributed by atoms with van der Waals surface area (Å²) in [6.07, 6.45) is 0.396. The highest BCUT2D eigenvalue weighted by Crippen LogP contribution is 2.37. The van der Waals surface area contributed by atoms with Crippen LogP contribution in [0, 0.1) is 0 Å². The first-order valence-electron chi connectivity index (χ1n) is 5.93. The van der Waals surface area contributed by atoms with Crippen LogP contribution in [0.2, 0.25) is 10.2 Å². The first kappa shape index (κ1) is 15.4. The van der Waals surface area contributed by atoms with E-state index in [1.807, 2.05) is 0 Å². The predicted octanol–water partition coefficient (Wildman–Crippen LogP) is 3.61. The van der Waals surface area contributed by atoms with Crippen LogP contribution in [0.4, 0.5) is 0 Å². The van der Waals surface area contributed by atoms with Crippen LogP contribution in [0.1, 0.15) is 6.92 Å². The molecule has 7 heteroatoms. The normalized spacial score (nSPS) is 12.0.